The topological polar surface area (TPSA) is 75.9 Å². The van der Waals surface area contributed by atoms with Gasteiger partial charge in [-0.25, -0.2) is 9.97 Å². The molecule has 2 heterocycles. The van der Waals surface area contributed by atoms with E-state index in [4.69, 9.17) is 4.52 Å². The van der Waals surface area contributed by atoms with Crippen molar-refractivity contribution in [2.75, 3.05) is 10.6 Å². The highest BCUT2D eigenvalue weighted by Gasteiger charge is 2.03. The number of aromatic nitrogens is 3. The van der Waals surface area contributed by atoms with Gasteiger partial charge in [0.25, 0.3) is 0 Å². The summed E-state index contributed by atoms with van der Waals surface area (Å²) < 4.78 is 5.01. The quantitative estimate of drug-likeness (QED) is 0.745. The fourth-order valence-electron chi connectivity index (χ4n) is 2.02. The highest BCUT2D eigenvalue weighted by molar-refractivity contribution is 5.61. The minimum Gasteiger partial charge on any atom is -0.360 e. The van der Waals surface area contributed by atoms with Gasteiger partial charge in [-0.05, 0) is 31.0 Å². The third-order valence-electron chi connectivity index (χ3n) is 3.19. The molecule has 6 nitrogen and oxygen atoms in total. The van der Waals surface area contributed by atoms with E-state index < -0.39 is 0 Å². The van der Waals surface area contributed by atoms with Crippen LogP contribution in [-0.2, 0) is 6.42 Å². The number of benzene rings is 1. The van der Waals surface area contributed by atoms with Gasteiger partial charge in [0.2, 0.25) is 0 Å². The Labute approximate surface area is 128 Å². The normalized spacial score (nSPS) is 10.5. The van der Waals surface area contributed by atoms with E-state index in [-0.39, 0.29) is 0 Å². The maximum Gasteiger partial charge on any atom is 0.175 e. The van der Waals surface area contributed by atoms with Crippen LogP contribution >= 0.6 is 0 Å². The average Bonchev–Trinajstić information content (AvgIpc) is 2.93. The van der Waals surface area contributed by atoms with Crippen molar-refractivity contribution in [3.8, 4) is 0 Å². The lowest BCUT2D eigenvalue weighted by molar-refractivity contribution is 0.400. The number of anilines is 4. The summed E-state index contributed by atoms with van der Waals surface area (Å²) in [4.78, 5) is 8.39. The van der Waals surface area contributed by atoms with Gasteiger partial charge in [-0.3, -0.25) is 0 Å². The van der Waals surface area contributed by atoms with Crippen LogP contribution in [0.2, 0.25) is 0 Å². The van der Waals surface area contributed by atoms with E-state index in [1.807, 2.05) is 25.1 Å². The van der Waals surface area contributed by atoms with Gasteiger partial charge in [-0.2, -0.15) is 0 Å². The summed E-state index contributed by atoms with van der Waals surface area (Å²) in [5.41, 5.74) is 2.29. The Morgan fingerprint density at radius 3 is 2.32 bits per heavy atom. The fraction of sp³-hybridized carbons (Fsp3) is 0.188. The molecule has 0 saturated carbocycles. The molecule has 3 rings (SSSR count). The summed E-state index contributed by atoms with van der Waals surface area (Å²) in [6.45, 7) is 3.97. The SMILES string of the molecule is CCc1ccc(Nc2cc(Nc3cc(C)on3)ncn2)cc1. The van der Waals surface area contributed by atoms with Crippen LogP contribution in [0.5, 0.6) is 0 Å². The Morgan fingerprint density at radius 2 is 1.68 bits per heavy atom. The molecule has 0 aliphatic heterocycles. The van der Waals surface area contributed by atoms with Crippen molar-refractivity contribution in [2.24, 2.45) is 0 Å². The third-order valence-corrected chi connectivity index (χ3v) is 3.19. The van der Waals surface area contributed by atoms with Crippen molar-refractivity contribution < 1.29 is 4.52 Å². The van der Waals surface area contributed by atoms with Crippen LogP contribution in [0.4, 0.5) is 23.1 Å². The van der Waals surface area contributed by atoms with Crippen molar-refractivity contribution in [3.05, 3.63) is 54.0 Å². The molecule has 22 heavy (non-hydrogen) atoms. The van der Waals surface area contributed by atoms with E-state index in [9.17, 15) is 0 Å². The van der Waals surface area contributed by atoms with E-state index in [1.165, 1.54) is 11.9 Å². The third kappa shape index (κ3) is 3.41. The second-order valence-electron chi connectivity index (χ2n) is 4.91. The van der Waals surface area contributed by atoms with Gasteiger partial charge >= 0.3 is 0 Å². The van der Waals surface area contributed by atoms with E-state index >= 15 is 0 Å². The van der Waals surface area contributed by atoms with E-state index in [1.54, 1.807) is 6.07 Å². The first kappa shape index (κ1) is 14.1. The molecule has 2 N–H and O–H groups in total. The molecule has 0 unspecified atom stereocenters. The molecule has 0 fully saturated rings. The summed E-state index contributed by atoms with van der Waals surface area (Å²) in [6.07, 6.45) is 2.52. The largest absolute Gasteiger partial charge is 0.360 e. The molecular weight excluding hydrogens is 278 g/mol. The molecule has 0 spiro atoms. The van der Waals surface area contributed by atoms with Crippen LogP contribution in [0.25, 0.3) is 0 Å². The van der Waals surface area contributed by atoms with Crippen LogP contribution in [-0.4, -0.2) is 15.1 Å². The molecule has 6 heteroatoms. The molecule has 3 aromatic rings. The lowest BCUT2D eigenvalue weighted by Gasteiger charge is -2.07. The number of nitrogens with zero attached hydrogens (tertiary/aromatic N) is 3. The van der Waals surface area contributed by atoms with Crippen LogP contribution in [0.15, 0.2) is 47.2 Å². The minimum absolute atomic E-state index is 0.620. The molecule has 1 aromatic carbocycles. The Hall–Kier alpha value is -2.89. The van der Waals surface area contributed by atoms with Gasteiger partial charge in [0, 0.05) is 17.8 Å². The van der Waals surface area contributed by atoms with Crippen LogP contribution < -0.4 is 10.6 Å². The van der Waals surface area contributed by atoms with Gasteiger partial charge in [0.05, 0.1) is 0 Å². The zero-order valence-electron chi connectivity index (χ0n) is 12.5. The van der Waals surface area contributed by atoms with Gasteiger partial charge in [0.1, 0.15) is 23.7 Å². The van der Waals surface area contributed by atoms with Crippen molar-refractivity contribution in [2.45, 2.75) is 20.3 Å². The van der Waals surface area contributed by atoms with E-state index in [2.05, 4.69) is 44.8 Å². The molecule has 0 aliphatic rings. The Morgan fingerprint density at radius 1 is 0.955 bits per heavy atom. The Bertz CT molecular complexity index is 751. The van der Waals surface area contributed by atoms with Crippen LogP contribution in [0.1, 0.15) is 18.2 Å². The smallest absolute Gasteiger partial charge is 0.175 e. The molecule has 0 saturated heterocycles. The zero-order chi connectivity index (χ0) is 15.4. The highest BCUT2D eigenvalue weighted by Crippen LogP contribution is 2.19. The first-order chi connectivity index (χ1) is 10.7. The predicted molar refractivity (Wildman–Crippen MR) is 85.7 cm³/mol. The molecule has 0 radical (unpaired) electrons. The maximum atomic E-state index is 5.01. The first-order valence-electron chi connectivity index (χ1n) is 7.11. The second-order valence-corrected chi connectivity index (χ2v) is 4.91. The minimum atomic E-state index is 0.620. The molecule has 112 valence electrons. The van der Waals surface area contributed by atoms with Gasteiger partial charge in [-0.1, -0.05) is 24.2 Å². The monoisotopic (exact) mass is 295 g/mol. The lowest BCUT2D eigenvalue weighted by Crippen LogP contribution is -1.98. The molecule has 0 atom stereocenters. The number of hydrogen-bond acceptors (Lipinski definition) is 6. The first-order valence-corrected chi connectivity index (χ1v) is 7.11. The van der Waals surface area contributed by atoms with Gasteiger partial charge in [-0.15, -0.1) is 0 Å². The molecule has 0 bridgehead atoms. The maximum absolute atomic E-state index is 5.01. The van der Waals surface area contributed by atoms with Crippen LogP contribution in [0, 0.1) is 6.92 Å². The number of nitrogens with one attached hydrogen (secondary N) is 2. The fourth-order valence-corrected chi connectivity index (χ4v) is 2.02. The predicted octanol–water partition coefficient (Wildman–Crippen LogP) is 3.82. The van der Waals surface area contributed by atoms with E-state index in [0.717, 1.165) is 17.9 Å². The standard InChI is InChI=1S/C16H17N5O/c1-3-12-4-6-13(7-5-12)19-14-9-15(18-10-17-14)20-16-8-11(2)22-21-16/h4-10H,3H2,1-2H3,(H2,17,18,19,20,21). The molecular formula is C16H17N5O. The molecule has 2 aromatic heterocycles. The summed E-state index contributed by atoms with van der Waals surface area (Å²) in [7, 11) is 0. The summed E-state index contributed by atoms with van der Waals surface area (Å²) in [5, 5.41) is 10.2. The summed E-state index contributed by atoms with van der Waals surface area (Å²) in [5.74, 6) is 2.72. The van der Waals surface area contributed by atoms with Crippen LogP contribution in [0.3, 0.4) is 0 Å². The van der Waals surface area contributed by atoms with Crippen molar-refractivity contribution >= 4 is 23.1 Å². The lowest BCUT2D eigenvalue weighted by atomic mass is 10.1. The van der Waals surface area contributed by atoms with Crippen molar-refractivity contribution in [3.63, 3.8) is 0 Å². The Kier molecular flexibility index (Phi) is 4.00. The van der Waals surface area contributed by atoms with Crippen molar-refractivity contribution in [1.82, 2.24) is 15.1 Å². The zero-order valence-corrected chi connectivity index (χ0v) is 12.5. The van der Waals surface area contributed by atoms with E-state index in [0.29, 0.717) is 17.5 Å². The number of aryl methyl sites for hydroxylation is 2. The molecule has 0 aliphatic carbocycles. The number of hydrogen-bond donors (Lipinski definition) is 2. The summed E-state index contributed by atoms with van der Waals surface area (Å²) >= 11 is 0. The number of rotatable bonds is 5. The molecule has 0 amide bonds. The summed E-state index contributed by atoms with van der Waals surface area (Å²) in [6, 6.07) is 11.9. The average molecular weight is 295 g/mol. The van der Waals surface area contributed by atoms with Gasteiger partial charge in [0.15, 0.2) is 5.82 Å². The van der Waals surface area contributed by atoms with Crippen molar-refractivity contribution in [1.29, 1.82) is 0 Å². The highest BCUT2D eigenvalue weighted by atomic mass is 16.5. The Balaban J connectivity index is 1.72. The second kappa shape index (κ2) is 6.26. The van der Waals surface area contributed by atoms with Gasteiger partial charge < -0.3 is 15.2 Å².